The van der Waals surface area contributed by atoms with Crippen molar-refractivity contribution in [1.29, 1.82) is 0 Å². The summed E-state index contributed by atoms with van der Waals surface area (Å²) in [5.41, 5.74) is 0.0723. The monoisotopic (exact) mass is 393 g/mol. The molecule has 2 fully saturated rings. The quantitative estimate of drug-likeness (QED) is 0.461. The third kappa shape index (κ3) is 3.75. The summed E-state index contributed by atoms with van der Waals surface area (Å²) in [6, 6.07) is 4.76. The molecule has 0 radical (unpaired) electrons. The lowest BCUT2D eigenvalue weighted by Crippen LogP contribution is -2.48. The van der Waals surface area contributed by atoms with Crippen molar-refractivity contribution < 1.29 is 24.0 Å². The van der Waals surface area contributed by atoms with Crippen LogP contribution in [0.15, 0.2) is 24.3 Å². The molecular formula is C17H19N3O6S. The van der Waals surface area contributed by atoms with Crippen LogP contribution in [0.25, 0.3) is 0 Å². The van der Waals surface area contributed by atoms with Crippen LogP contribution >= 0.6 is 11.8 Å². The van der Waals surface area contributed by atoms with E-state index in [4.69, 9.17) is 4.74 Å². The molecule has 3 atom stereocenters. The van der Waals surface area contributed by atoms with Crippen molar-refractivity contribution in [2.24, 2.45) is 0 Å². The molecule has 2 saturated heterocycles. The van der Waals surface area contributed by atoms with E-state index in [0.717, 1.165) is 0 Å². The van der Waals surface area contributed by atoms with Gasteiger partial charge >= 0.3 is 5.97 Å². The Morgan fingerprint density at radius 1 is 1.48 bits per heavy atom. The van der Waals surface area contributed by atoms with Crippen molar-refractivity contribution in [3.05, 3.63) is 34.4 Å². The SMILES string of the molecule is CC(OC(=O)C1CSC2(C)CCC(=O)N12)C(=O)Nc1cccc([N+](=O)[O-])c1. The second-order valence-electron chi connectivity index (χ2n) is 6.64. The van der Waals surface area contributed by atoms with E-state index >= 15 is 0 Å². The lowest BCUT2D eigenvalue weighted by Gasteiger charge is -2.29. The van der Waals surface area contributed by atoms with Crippen LogP contribution in [0.5, 0.6) is 0 Å². The van der Waals surface area contributed by atoms with E-state index in [0.29, 0.717) is 18.6 Å². The first-order valence-electron chi connectivity index (χ1n) is 8.43. The molecular weight excluding hydrogens is 374 g/mol. The molecule has 1 aromatic carbocycles. The Morgan fingerprint density at radius 3 is 2.93 bits per heavy atom. The van der Waals surface area contributed by atoms with Gasteiger partial charge in [0.05, 0.1) is 9.79 Å². The number of nitro benzene ring substituents is 1. The van der Waals surface area contributed by atoms with Gasteiger partial charge in [-0.25, -0.2) is 4.79 Å². The van der Waals surface area contributed by atoms with E-state index in [2.05, 4.69) is 5.32 Å². The number of rotatable bonds is 5. The molecule has 2 heterocycles. The number of amides is 2. The maximum absolute atomic E-state index is 12.5. The zero-order valence-corrected chi connectivity index (χ0v) is 15.7. The van der Waals surface area contributed by atoms with Crippen LogP contribution in [-0.4, -0.2) is 50.4 Å². The third-order valence-electron chi connectivity index (χ3n) is 4.70. The van der Waals surface area contributed by atoms with Crippen LogP contribution in [0.2, 0.25) is 0 Å². The second-order valence-corrected chi connectivity index (χ2v) is 8.14. The molecule has 0 bridgehead atoms. The van der Waals surface area contributed by atoms with Crippen LogP contribution in [0.3, 0.4) is 0 Å². The van der Waals surface area contributed by atoms with Crippen LogP contribution in [0, 0.1) is 10.1 Å². The smallest absolute Gasteiger partial charge is 0.330 e. The Balaban J connectivity index is 1.61. The Hall–Kier alpha value is -2.62. The largest absolute Gasteiger partial charge is 0.451 e. The van der Waals surface area contributed by atoms with Gasteiger partial charge in [-0.1, -0.05) is 6.07 Å². The van der Waals surface area contributed by atoms with Gasteiger partial charge in [0, 0.05) is 30.0 Å². The molecule has 2 aliphatic heterocycles. The van der Waals surface area contributed by atoms with Crippen molar-refractivity contribution in [1.82, 2.24) is 4.90 Å². The van der Waals surface area contributed by atoms with Gasteiger partial charge in [-0.15, -0.1) is 11.8 Å². The lowest BCUT2D eigenvalue weighted by molar-refractivity contribution is -0.384. The van der Waals surface area contributed by atoms with E-state index in [-0.39, 0.29) is 17.3 Å². The van der Waals surface area contributed by atoms with E-state index in [1.807, 2.05) is 6.92 Å². The Kier molecular flexibility index (Phi) is 5.09. The van der Waals surface area contributed by atoms with Crippen molar-refractivity contribution in [3.8, 4) is 0 Å². The minimum Gasteiger partial charge on any atom is -0.451 e. The number of hydrogen-bond acceptors (Lipinski definition) is 7. The highest BCUT2D eigenvalue weighted by molar-refractivity contribution is 8.01. The summed E-state index contributed by atoms with van der Waals surface area (Å²) in [6.07, 6.45) is -0.0227. The average Bonchev–Trinajstić information content (AvgIpc) is 3.11. The maximum Gasteiger partial charge on any atom is 0.330 e. The molecule has 1 N–H and O–H groups in total. The molecule has 3 rings (SSSR count). The van der Waals surface area contributed by atoms with E-state index in [9.17, 15) is 24.5 Å². The van der Waals surface area contributed by atoms with Crippen LogP contribution in [0.1, 0.15) is 26.7 Å². The number of hydrogen-bond donors (Lipinski definition) is 1. The van der Waals surface area contributed by atoms with Gasteiger partial charge in [-0.2, -0.15) is 0 Å². The predicted octanol–water partition coefficient (Wildman–Crippen LogP) is 1.92. The summed E-state index contributed by atoms with van der Waals surface area (Å²) < 4.78 is 5.26. The molecule has 27 heavy (non-hydrogen) atoms. The normalized spacial score (nSPS) is 25.0. The molecule has 1 aromatic rings. The van der Waals surface area contributed by atoms with Gasteiger partial charge in [0.15, 0.2) is 6.10 Å². The number of carbonyl (C=O) groups excluding carboxylic acids is 3. The Labute approximate surface area is 159 Å². The van der Waals surface area contributed by atoms with Crippen LogP contribution in [-0.2, 0) is 19.1 Å². The fourth-order valence-electron chi connectivity index (χ4n) is 3.24. The summed E-state index contributed by atoms with van der Waals surface area (Å²) in [6.45, 7) is 3.34. The zero-order valence-electron chi connectivity index (χ0n) is 14.8. The number of nitro groups is 1. The van der Waals surface area contributed by atoms with E-state index in [1.165, 1.54) is 43.0 Å². The van der Waals surface area contributed by atoms with Gasteiger partial charge in [0.2, 0.25) is 5.91 Å². The van der Waals surface area contributed by atoms with Crippen LogP contribution < -0.4 is 5.32 Å². The van der Waals surface area contributed by atoms with Crippen molar-refractivity contribution in [3.63, 3.8) is 0 Å². The summed E-state index contributed by atoms with van der Waals surface area (Å²) in [5.74, 6) is -0.883. The van der Waals surface area contributed by atoms with E-state index in [1.54, 1.807) is 4.90 Å². The lowest BCUT2D eigenvalue weighted by atomic mass is 10.2. The number of benzene rings is 1. The summed E-state index contributed by atoms with van der Waals surface area (Å²) in [4.78, 5) is 48.2. The fraction of sp³-hybridized carbons (Fsp3) is 0.471. The molecule has 144 valence electrons. The predicted molar refractivity (Wildman–Crippen MR) is 98.0 cm³/mol. The molecule has 3 unspecified atom stereocenters. The Morgan fingerprint density at radius 2 is 2.22 bits per heavy atom. The third-order valence-corrected chi connectivity index (χ3v) is 6.21. The topological polar surface area (TPSA) is 119 Å². The number of non-ortho nitro benzene ring substituents is 1. The first kappa shape index (κ1) is 19.2. The number of ether oxygens (including phenoxy) is 1. The highest BCUT2D eigenvalue weighted by Crippen LogP contribution is 2.47. The highest BCUT2D eigenvalue weighted by Gasteiger charge is 2.53. The average molecular weight is 393 g/mol. The number of anilines is 1. The molecule has 0 aromatic heterocycles. The first-order valence-corrected chi connectivity index (χ1v) is 9.42. The number of fused-ring (bicyclic) bond motifs is 1. The maximum atomic E-state index is 12.5. The van der Waals surface area contributed by atoms with E-state index < -0.39 is 33.8 Å². The van der Waals surface area contributed by atoms with Crippen LogP contribution in [0.4, 0.5) is 11.4 Å². The molecule has 2 amide bonds. The number of esters is 1. The van der Waals surface area contributed by atoms with Gasteiger partial charge in [-0.3, -0.25) is 19.7 Å². The van der Waals surface area contributed by atoms with Crippen molar-refractivity contribution in [2.45, 2.75) is 43.7 Å². The summed E-state index contributed by atoms with van der Waals surface area (Å²) in [7, 11) is 0. The van der Waals surface area contributed by atoms with Crippen molar-refractivity contribution in [2.75, 3.05) is 11.1 Å². The summed E-state index contributed by atoms with van der Waals surface area (Å²) >= 11 is 1.54. The van der Waals surface area contributed by atoms with Crippen molar-refractivity contribution >= 4 is 40.9 Å². The van der Waals surface area contributed by atoms with Gasteiger partial charge in [0.1, 0.15) is 6.04 Å². The summed E-state index contributed by atoms with van der Waals surface area (Å²) in [5, 5.41) is 13.3. The number of carbonyl (C=O) groups is 3. The number of thioether (sulfide) groups is 1. The minimum atomic E-state index is -1.11. The molecule has 0 saturated carbocycles. The molecule has 10 heteroatoms. The fourth-order valence-corrected chi connectivity index (χ4v) is 4.66. The number of nitrogens with one attached hydrogen (secondary N) is 1. The molecule has 2 aliphatic rings. The van der Waals surface area contributed by atoms with Gasteiger partial charge < -0.3 is 15.0 Å². The number of nitrogens with zero attached hydrogens (tertiary/aromatic N) is 2. The van der Waals surface area contributed by atoms with Gasteiger partial charge in [-0.05, 0) is 26.3 Å². The molecule has 9 nitrogen and oxygen atoms in total. The molecule has 0 spiro atoms. The minimum absolute atomic E-state index is 0.0850. The first-order chi connectivity index (χ1) is 12.7. The zero-order chi connectivity index (χ0) is 19.8. The molecule has 0 aliphatic carbocycles. The standard InChI is InChI=1S/C17H19N3O6S/c1-10(15(22)18-11-4-3-5-12(8-11)20(24)25)26-16(23)13-9-27-17(2)7-6-14(21)19(13)17/h3-5,8,10,13H,6-7,9H2,1-2H3,(H,18,22). The van der Waals surface area contributed by atoms with Gasteiger partial charge in [0.25, 0.3) is 11.6 Å². The second kappa shape index (κ2) is 7.18. The highest BCUT2D eigenvalue weighted by atomic mass is 32.2. The Bertz CT molecular complexity index is 816.